The Balaban J connectivity index is 2.01. The molecule has 88 valence electrons. The van der Waals surface area contributed by atoms with Crippen LogP contribution in [0.2, 0.25) is 0 Å². The molecule has 1 fully saturated rings. The van der Waals surface area contributed by atoms with Crippen molar-refractivity contribution in [1.82, 2.24) is 5.32 Å². The molecule has 1 aliphatic rings. The number of benzene rings is 1. The van der Waals surface area contributed by atoms with Crippen LogP contribution in [-0.4, -0.2) is 20.2 Å². The third kappa shape index (κ3) is 2.76. The first-order valence-electron chi connectivity index (χ1n) is 6.13. The summed E-state index contributed by atoms with van der Waals surface area (Å²) in [5, 5.41) is 3.48. The third-order valence-electron chi connectivity index (χ3n) is 3.62. The summed E-state index contributed by atoms with van der Waals surface area (Å²) in [6, 6.07) is 8.44. The molecule has 0 bridgehead atoms. The van der Waals surface area contributed by atoms with Crippen LogP contribution in [0.25, 0.3) is 0 Å². The molecule has 2 heteroatoms. The highest BCUT2D eigenvalue weighted by Crippen LogP contribution is 2.24. The Kier molecular flexibility index (Phi) is 3.83. The summed E-state index contributed by atoms with van der Waals surface area (Å²) >= 11 is 0. The van der Waals surface area contributed by atoms with E-state index in [0.717, 1.165) is 30.6 Å². The molecule has 0 amide bonds. The van der Waals surface area contributed by atoms with E-state index in [1.807, 2.05) is 6.07 Å². The normalized spacial score (nSPS) is 25.4. The summed E-state index contributed by atoms with van der Waals surface area (Å²) in [7, 11) is 1.73. The minimum absolute atomic E-state index is 0.765. The zero-order valence-electron chi connectivity index (χ0n) is 10.2. The van der Waals surface area contributed by atoms with Crippen LogP contribution < -0.4 is 10.1 Å². The fourth-order valence-corrected chi connectivity index (χ4v) is 2.43. The zero-order valence-corrected chi connectivity index (χ0v) is 10.2. The molecule has 2 atom stereocenters. The van der Waals surface area contributed by atoms with E-state index in [0.29, 0.717) is 0 Å². The number of ether oxygens (including phenoxy) is 1. The lowest BCUT2D eigenvalue weighted by Gasteiger charge is -2.29. The van der Waals surface area contributed by atoms with Gasteiger partial charge < -0.3 is 10.1 Å². The zero-order chi connectivity index (χ0) is 11.4. The number of nitrogens with one attached hydrogen (secondary N) is 1. The van der Waals surface area contributed by atoms with Gasteiger partial charge in [-0.05, 0) is 55.5 Å². The van der Waals surface area contributed by atoms with Gasteiger partial charge in [0.05, 0.1) is 7.11 Å². The SMILES string of the molecule is COc1cccc(CC2CNCCC2C)c1. The second-order valence-electron chi connectivity index (χ2n) is 4.79. The Morgan fingerprint density at radius 2 is 2.31 bits per heavy atom. The molecule has 1 aromatic rings. The van der Waals surface area contributed by atoms with Crippen LogP contribution in [0, 0.1) is 11.8 Å². The molecule has 0 aromatic heterocycles. The van der Waals surface area contributed by atoms with Crippen LogP contribution in [0.4, 0.5) is 0 Å². The Labute approximate surface area is 98.0 Å². The van der Waals surface area contributed by atoms with Crippen LogP contribution in [0.1, 0.15) is 18.9 Å². The van der Waals surface area contributed by atoms with Crippen molar-refractivity contribution in [2.75, 3.05) is 20.2 Å². The maximum Gasteiger partial charge on any atom is 0.119 e. The predicted molar refractivity (Wildman–Crippen MR) is 66.8 cm³/mol. The van der Waals surface area contributed by atoms with Gasteiger partial charge in [-0.25, -0.2) is 0 Å². The lowest BCUT2D eigenvalue weighted by Crippen LogP contribution is -2.36. The van der Waals surface area contributed by atoms with Crippen molar-refractivity contribution < 1.29 is 4.74 Å². The summed E-state index contributed by atoms with van der Waals surface area (Å²) in [6.07, 6.45) is 2.46. The third-order valence-corrected chi connectivity index (χ3v) is 3.62. The predicted octanol–water partition coefficient (Wildman–Crippen LogP) is 2.48. The number of methoxy groups -OCH3 is 1. The van der Waals surface area contributed by atoms with Gasteiger partial charge in [0.2, 0.25) is 0 Å². The van der Waals surface area contributed by atoms with Gasteiger partial charge in [0.25, 0.3) is 0 Å². The van der Waals surface area contributed by atoms with Crippen molar-refractivity contribution in [1.29, 1.82) is 0 Å². The largest absolute Gasteiger partial charge is 0.497 e. The van der Waals surface area contributed by atoms with Crippen LogP contribution in [0.3, 0.4) is 0 Å². The minimum Gasteiger partial charge on any atom is -0.497 e. The highest BCUT2D eigenvalue weighted by molar-refractivity contribution is 5.28. The maximum atomic E-state index is 5.26. The molecular formula is C14H21NO. The van der Waals surface area contributed by atoms with Gasteiger partial charge >= 0.3 is 0 Å². The van der Waals surface area contributed by atoms with Gasteiger partial charge in [-0.2, -0.15) is 0 Å². The first-order valence-corrected chi connectivity index (χ1v) is 6.13. The van der Waals surface area contributed by atoms with E-state index in [9.17, 15) is 0 Å². The van der Waals surface area contributed by atoms with E-state index in [4.69, 9.17) is 4.74 Å². The molecule has 1 saturated heterocycles. The van der Waals surface area contributed by atoms with Crippen LogP contribution >= 0.6 is 0 Å². The first kappa shape index (κ1) is 11.5. The lowest BCUT2D eigenvalue weighted by molar-refractivity contribution is 0.272. The number of hydrogen-bond donors (Lipinski definition) is 1. The van der Waals surface area contributed by atoms with Crippen molar-refractivity contribution in [2.24, 2.45) is 11.8 Å². The Bertz CT molecular complexity index is 337. The maximum absolute atomic E-state index is 5.26. The molecule has 0 saturated carbocycles. The molecule has 1 aliphatic heterocycles. The van der Waals surface area contributed by atoms with Gasteiger partial charge in [0.15, 0.2) is 0 Å². The van der Waals surface area contributed by atoms with Gasteiger partial charge in [0, 0.05) is 0 Å². The molecule has 16 heavy (non-hydrogen) atoms. The first-order chi connectivity index (χ1) is 7.79. The lowest BCUT2D eigenvalue weighted by atomic mass is 9.83. The second kappa shape index (κ2) is 5.35. The van der Waals surface area contributed by atoms with Gasteiger partial charge in [-0.15, -0.1) is 0 Å². The number of piperidine rings is 1. The van der Waals surface area contributed by atoms with Crippen molar-refractivity contribution in [3.8, 4) is 5.75 Å². The number of hydrogen-bond acceptors (Lipinski definition) is 2. The molecule has 1 aromatic carbocycles. The van der Waals surface area contributed by atoms with E-state index >= 15 is 0 Å². The molecule has 0 radical (unpaired) electrons. The van der Waals surface area contributed by atoms with Crippen molar-refractivity contribution >= 4 is 0 Å². The minimum atomic E-state index is 0.765. The smallest absolute Gasteiger partial charge is 0.119 e. The highest BCUT2D eigenvalue weighted by Gasteiger charge is 2.21. The molecule has 2 rings (SSSR count). The summed E-state index contributed by atoms with van der Waals surface area (Å²) in [5.41, 5.74) is 1.39. The fourth-order valence-electron chi connectivity index (χ4n) is 2.43. The average Bonchev–Trinajstić information content (AvgIpc) is 2.32. The highest BCUT2D eigenvalue weighted by atomic mass is 16.5. The van der Waals surface area contributed by atoms with E-state index in [-0.39, 0.29) is 0 Å². The van der Waals surface area contributed by atoms with Gasteiger partial charge in [-0.3, -0.25) is 0 Å². The quantitative estimate of drug-likeness (QED) is 0.843. The van der Waals surface area contributed by atoms with E-state index in [2.05, 4.69) is 30.4 Å². The summed E-state index contributed by atoms with van der Waals surface area (Å²) in [6.45, 7) is 4.69. The molecule has 1 heterocycles. The van der Waals surface area contributed by atoms with Gasteiger partial charge in [0.1, 0.15) is 5.75 Å². The Morgan fingerprint density at radius 3 is 3.06 bits per heavy atom. The molecule has 0 spiro atoms. The number of rotatable bonds is 3. The van der Waals surface area contributed by atoms with E-state index in [1.54, 1.807) is 7.11 Å². The Hall–Kier alpha value is -1.02. The molecule has 2 unspecified atom stereocenters. The average molecular weight is 219 g/mol. The topological polar surface area (TPSA) is 21.3 Å². The molecule has 0 aliphatic carbocycles. The summed E-state index contributed by atoms with van der Waals surface area (Å²) in [4.78, 5) is 0. The second-order valence-corrected chi connectivity index (χ2v) is 4.79. The van der Waals surface area contributed by atoms with Crippen LogP contribution in [-0.2, 0) is 6.42 Å². The standard InChI is InChI=1S/C14H21NO/c1-11-6-7-15-10-13(11)8-12-4-3-5-14(9-12)16-2/h3-5,9,11,13,15H,6-8,10H2,1-2H3. The summed E-state index contributed by atoms with van der Waals surface area (Å²) < 4.78 is 5.26. The van der Waals surface area contributed by atoms with Crippen LogP contribution in [0.5, 0.6) is 5.75 Å². The van der Waals surface area contributed by atoms with Crippen molar-refractivity contribution in [3.05, 3.63) is 29.8 Å². The Morgan fingerprint density at radius 1 is 1.44 bits per heavy atom. The van der Waals surface area contributed by atoms with E-state index < -0.39 is 0 Å². The fraction of sp³-hybridized carbons (Fsp3) is 0.571. The van der Waals surface area contributed by atoms with Gasteiger partial charge in [-0.1, -0.05) is 19.1 Å². The summed E-state index contributed by atoms with van der Waals surface area (Å²) in [5.74, 6) is 2.56. The van der Waals surface area contributed by atoms with E-state index in [1.165, 1.54) is 18.5 Å². The molecular weight excluding hydrogens is 198 g/mol. The molecule has 1 N–H and O–H groups in total. The monoisotopic (exact) mass is 219 g/mol. The van der Waals surface area contributed by atoms with Crippen molar-refractivity contribution in [2.45, 2.75) is 19.8 Å². The van der Waals surface area contributed by atoms with Crippen LogP contribution in [0.15, 0.2) is 24.3 Å². The molecule has 2 nitrogen and oxygen atoms in total. The van der Waals surface area contributed by atoms with Crippen molar-refractivity contribution in [3.63, 3.8) is 0 Å².